The van der Waals surface area contributed by atoms with Crippen LogP contribution in [0.2, 0.25) is 0 Å². The average Bonchev–Trinajstić information content (AvgIpc) is 2.50. The summed E-state index contributed by atoms with van der Waals surface area (Å²) in [6.07, 6.45) is 0. The molecule has 3 nitrogen and oxygen atoms in total. The lowest BCUT2D eigenvalue weighted by Gasteiger charge is -2.06. The molecule has 1 aromatic carbocycles. The van der Waals surface area contributed by atoms with E-state index in [-0.39, 0.29) is 5.69 Å². The summed E-state index contributed by atoms with van der Waals surface area (Å²) in [5.74, 6) is -0.401. The largest absolute Gasteiger partial charge is 0.396 e. The maximum Gasteiger partial charge on any atom is 0.146 e. The number of rotatable bonds is 1. The summed E-state index contributed by atoms with van der Waals surface area (Å²) in [6, 6.07) is 4.62. The lowest BCUT2D eigenvalue weighted by Crippen LogP contribution is -2.01. The fourth-order valence-electron chi connectivity index (χ4n) is 1.63. The fraction of sp³-hybridized carbons (Fsp3) is 0.250. The van der Waals surface area contributed by atoms with Crippen LogP contribution in [0.5, 0.6) is 0 Å². The molecule has 84 valence electrons. The number of nitrogens with two attached hydrogens (primary N) is 1. The van der Waals surface area contributed by atoms with Crippen molar-refractivity contribution in [3.8, 4) is 5.69 Å². The van der Waals surface area contributed by atoms with E-state index < -0.39 is 5.82 Å². The number of anilines is 1. The molecule has 0 spiro atoms. The molecule has 1 heterocycles. The second-order valence-corrected chi connectivity index (χ2v) is 3.91. The van der Waals surface area contributed by atoms with Crippen molar-refractivity contribution in [3.63, 3.8) is 0 Å². The summed E-state index contributed by atoms with van der Waals surface area (Å²) in [6.45, 7) is 5.95. The Morgan fingerprint density at radius 2 is 1.94 bits per heavy atom. The topological polar surface area (TPSA) is 43.8 Å². The van der Waals surface area contributed by atoms with Gasteiger partial charge < -0.3 is 5.73 Å². The molecule has 16 heavy (non-hydrogen) atoms. The predicted octanol–water partition coefficient (Wildman–Crippen LogP) is 2.52. The first-order valence-electron chi connectivity index (χ1n) is 5.09. The SMILES string of the molecule is Cc1nn(-c2ccc(F)c(N)c2)c(C)c1C. The predicted molar refractivity (Wildman–Crippen MR) is 62.1 cm³/mol. The molecule has 0 aliphatic rings. The zero-order chi connectivity index (χ0) is 11.9. The maximum absolute atomic E-state index is 13.0. The molecule has 2 N–H and O–H groups in total. The van der Waals surface area contributed by atoms with Crippen molar-refractivity contribution in [2.75, 3.05) is 5.73 Å². The molecule has 0 bridgehead atoms. The van der Waals surface area contributed by atoms with Gasteiger partial charge in [0.1, 0.15) is 5.82 Å². The summed E-state index contributed by atoms with van der Waals surface area (Å²) < 4.78 is 14.8. The number of benzene rings is 1. The molecule has 0 fully saturated rings. The molecular formula is C12H14FN3. The van der Waals surface area contributed by atoms with Gasteiger partial charge >= 0.3 is 0 Å². The quantitative estimate of drug-likeness (QED) is 0.749. The molecular weight excluding hydrogens is 205 g/mol. The van der Waals surface area contributed by atoms with Gasteiger partial charge in [-0.15, -0.1) is 0 Å². The number of nitrogens with zero attached hydrogens (tertiary/aromatic N) is 2. The molecule has 0 radical (unpaired) electrons. The first kappa shape index (κ1) is 10.7. The Morgan fingerprint density at radius 1 is 1.25 bits per heavy atom. The number of halogens is 1. The monoisotopic (exact) mass is 219 g/mol. The minimum absolute atomic E-state index is 0.141. The maximum atomic E-state index is 13.0. The summed E-state index contributed by atoms with van der Waals surface area (Å²) in [7, 11) is 0. The highest BCUT2D eigenvalue weighted by atomic mass is 19.1. The van der Waals surface area contributed by atoms with Crippen molar-refractivity contribution in [3.05, 3.63) is 41.0 Å². The molecule has 2 rings (SSSR count). The van der Waals surface area contributed by atoms with Crippen molar-refractivity contribution in [1.82, 2.24) is 9.78 Å². The second-order valence-electron chi connectivity index (χ2n) is 3.91. The molecule has 4 heteroatoms. The zero-order valence-corrected chi connectivity index (χ0v) is 9.58. The van der Waals surface area contributed by atoms with E-state index in [9.17, 15) is 4.39 Å². The summed E-state index contributed by atoms with van der Waals surface area (Å²) in [4.78, 5) is 0. The van der Waals surface area contributed by atoms with E-state index in [1.807, 2.05) is 20.8 Å². The Labute approximate surface area is 93.7 Å². The summed E-state index contributed by atoms with van der Waals surface area (Å²) >= 11 is 0. The van der Waals surface area contributed by atoms with Gasteiger partial charge in [0.05, 0.1) is 17.1 Å². The molecule has 0 saturated heterocycles. The Balaban J connectivity index is 2.59. The lowest BCUT2D eigenvalue weighted by atomic mass is 10.2. The van der Waals surface area contributed by atoms with Crippen LogP contribution in [-0.4, -0.2) is 9.78 Å². The van der Waals surface area contributed by atoms with Gasteiger partial charge in [-0.3, -0.25) is 0 Å². The Hall–Kier alpha value is -1.84. The molecule has 0 aliphatic carbocycles. The van der Waals surface area contributed by atoms with Crippen LogP contribution in [0.3, 0.4) is 0 Å². The highest BCUT2D eigenvalue weighted by Crippen LogP contribution is 2.20. The highest BCUT2D eigenvalue weighted by Gasteiger charge is 2.09. The number of hydrogen-bond acceptors (Lipinski definition) is 2. The third-order valence-corrected chi connectivity index (χ3v) is 2.88. The van der Waals surface area contributed by atoms with E-state index in [2.05, 4.69) is 5.10 Å². The van der Waals surface area contributed by atoms with Gasteiger partial charge in [0.15, 0.2) is 0 Å². The molecule has 0 aliphatic heterocycles. The smallest absolute Gasteiger partial charge is 0.146 e. The first-order valence-corrected chi connectivity index (χ1v) is 5.09. The molecule has 0 saturated carbocycles. The van der Waals surface area contributed by atoms with E-state index in [4.69, 9.17) is 5.73 Å². The standard InChI is InChI=1S/C12H14FN3/c1-7-8(2)15-16(9(7)3)10-4-5-11(13)12(14)6-10/h4-6H,14H2,1-3H3. The number of hydrogen-bond donors (Lipinski definition) is 1. The van der Waals surface area contributed by atoms with Crippen LogP contribution >= 0.6 is 0 Å². The van der Waals surface area contributed by atoms with Gasteiger partial charge in [-0.1, -0.05) is 0 Å². The Bertz CT molecular complexity index is 543. The van der Waals surface area contributed by atoms with Crippen LogP contribution < -0.4 is 5.73 Å². The van der Waals surface area contributed by atoms with Crippen LogP contribution in [0.4, 0.5) is 10.1 Å². The van der Waals surface area contributed by atoms with Crippen LogP contribution in [0.15, 0.2) is 18.2 Å². The number of nitrogen functional groups attached to an aromatic ring is 1. The summed E-state index contributed by atoms with van der Waals surface area (Å²) in [5, 5.41) is 4.39. The number of aryl methyl sites for hydroxylation is 1. The van der Waals surface area contributed by atoms with E-state index >= 15 is 0 Å². The van der Waals surface area contributed by atoms with Crippen LogP contribution in [0.25, 0.3) is 5.69 Å². The lowest BCUT2D eigenvalue weighted by molar-refractivity contribution is 0.631. The highest BCUT2D eigenvalue weighted by molar-refractivity contribution is 5.49. The van der Waals surface area contributed by atoms with E-state index in [1.165, 1.54) is 6.07 Å². The van der Waals surface area contributed by atoms with Gasteiger partial charge in [0.2, 0.25) is 0 Å². The van der Waals surface area contributed by atoms with Crippen LogP contribution in [0, 0.1) is 26.6 Å². The van der Waals surface area contributed by atoms with Crippen molar-refractivity contribution >= 4 is 5.69 Å². The minimum Gasteiger partial charge on any atom is -0.396 e. The third-order valence-electron chi connectivity index (χ3n) is 2.88. The molecule has 0 amide bonds. The van der Waals surface area contributed by atoms with Crippen molar-refractivity contribution in [1.29, 1.82) is 0 Å². The van der Waals surface area contributed by atoms with Crippen molar-refractivity contribution in [2.24, 2.45) is 0 Å². The zero-order valence-electron chi connectivity index (χ0n) is 9.58. The Kier molecular flexibility index (Phi) is 2.42. The molecule has 0 unspecified atom stereocenters. The van der Waals surface area contributed by atoms with E-state index in [1.54, 1.807) is 16.8 Å². The van der Waals surface area contributed by atoms with Gasteiger partial charge in [0.25, 0.3) is 0 Å². The van der Waals surface area contributed by atoms with Crippen molar-refractivity contribution in [2.45, 2.75) is 20.8 Å². The molecule has 1 aromatic heterocycles. The van der Waals surface area contributed by atoms with E-state index in [0.29, 0.717) is 0 Å². The summed E-state index contributed by atoms with van der Waals surface area (Å²) in [5.41, 5.74) is 9.62. The molecule has 2 aromatic rings. The average molecular weight is 219 g/mol. The van der Waals surface area contributed by atoms with Gasteiger partial charge in [0, 0.05) is 5.69 Å². The third kappa shape index (κ3) is 1.56. The van der Waals surface area contributed by atoms with Gasteiger partial charge in [-0.2, -0.15) is 5.10 Å². The van der Waals surface area contributed by atoms with Crippen molar-refractivity contribution < 1.29 is 4.39 Å². The van der Waals surface area contributed by atoms with Crippen LogP contribution in [-0.2, 0) is 0 Å². The normalized spacial score (nSPS) is 10.8. The Morgan fingerprint density at radius 3 is 2.44 bits per heavy atom. The number of aromatic nitrogens is 2. The van der Waals surface area contributed by atoms with Crippen LogP contribution in [0.1, 0.15) is 17.0 Å². The van der Waals surface area contributed by atoms with Gasteiger partial charge in [-0.25, -0.2) is 9.07 Å². The van der Waals surface area contributed by atoms with Gasteiger partial charge in [-0.05, 0) is 44.5 Å². The first-order chi connectivity index (χ1) is 7.50. The van der Waals surface area contributed by atoms with E-state index in [0.717, 1.165) is 22.6 Å². The second kappa shape index (κ2) is 3.63. The fourth-order valence-corrected chi connectivity index (χ4v) is 1.63. The minimum atomic E-state index is -0.401. The molecule has 0 atom stereocenters.